The van der Waals surface area contributed by atoms with Crippen LogP contribution in [-0.2, 0) is 9.13 Å². The molecule has 0 aliphatic rings. The van der Waals surface area contributed by atoms with E-state index in [4.69, 9.17) is 38.5 Å². The molecule has 0 heterocycles. The van der Waals surface area contributed by atoms with Crippen LogP contribution in [0, 0.1) is 0 Å². The summed E-state index contributed by atoms with van der Waals surface area (Å²) in [5, 5.41) is 0. The van der Waals surface area contributed by atoms with Gasteiger partial charge in [0.25, 0.3) is 0 Å². The smallest absolute Gasteiger partial charge is 0.822 e. The average molecular weight is 318 g/mol. The van der Waals surface area contributed by atoms with Crippen LogP contribution in [0.3, 0.4) is 0 Å². The van der Waals surface area contributed by atoms with Crippen LogP contribution in [0.25, 0.3) is 0 Å². The zero-order valence-electron chi connectivity index (χ0n) is 7.74. The van der Waals surface area contributed by atoms with E-state index in [0.29, 0.717) is 0 Å². The van der Waals surface area contributed by atoms with E-state index >= 15 is 0 Å². The molecule has 0 aromatic rings. The van der Waals surface area contributed by atoms with Crippen molar-refractivity contribution in [2.75, 3.05) is 0 Å². The Morgan fingerprint density at radius 3 is 0.643 bits per heavy atom. The topological polar surface area (TPSA) is 172 Å². The summed E-state index contributed by atoms with van der Waals surface area (Å²) in [6, 6.07) is 0. The van der Waals surface area contributed by atoms with Gasteiger partial charge in [-0.25, -0.2) is 0 Å². The molecule has 0 spiro atoms. The zero-order chi connectivity index (χ0) is 9.00. The summed E-state index contributed by atoms with van der Waals surface area (Å²) in [4.78, 5) is 51.3. The third kappa shape index (κ3) is 173. The molecule has 14 heteroatoms. The fourth-order valence-corrected chi connectivity index (χ4v) is 0. The molecular weight excluding hydrogens is 318 g/mol. The molecule has 0 N–H and O–H groups in total. The van der Waals surface area contributed by atoms with E-state index in [2.05, 4.69) is 0 Å². The molecular formula is AlK2NaO8P2. The molecule has 0 bridgehead atoms. The maximum Gasteiger partial charge on any atom is 3.00 e. The standard InChI is InChI=1S/Al.2K.Na.2H3O4P/c;;;;2*1-5(2,3)4/h;;;;2*(H3,1,2,3,4)/q+3;3*+1;;/p-6. The van der Waals surface area contributed by atoms with Crippen LogP contribution < -0.4 is 162 Å². The van der Waals surface area contributed by atoms with Crippen LogP contribution in [0.15, 0.2) is 0 Å². The van der Waals surface area contributed by atoms with Gasteiger partial charge in [0.1, 0.15) is 0 Å². The third-order valence-corrected chi connectivity index (χ3v) is 0. The number of hydrogen-bond acceptors (Lipinski definition) is 8. The van der Waals surface area contributed by atoms with E-state index < -0.39 is 15.6 Å². The van der Waals surface area contributed by atoms with Crippen molar-refractivity contribution in [3.05, 3.63) is 0 Å². The van der Waals surface area contributed by atoms with Gasteiger partial charge in [-0.15, -0.1) is 0 Å². The van der Waals surface area contributed by atoms with Crippen LogP contribution in [0.2, 0.25) is 0 Å². The van der Waals surface area contributed by atoms with Crippen molar-refractivity contribution in [3.8, 4) is 0 Å². The monoisotopic (exact) mass is 318 g/mol. The van der Waals surface area contributed by atoms with Gasteiger partial charge in [-0.05, 0) is 0 Å². The largest absolute Gasteiger partial charge is 3.00 e. The Hall–Kier alpha value is 5.03. The van der Waals surface area contributed by atoms with Gasteiger partial charge in [0.15, 0.2) is 0 Å². The van der Waals surface area contributed by atoms with Crippen LogP contribution in [0.4, 0.5) is 0 Å². The molecule has 0 saturated carbocycles. The van der Waals surface area contributed by atoms with Crippen molar-refractivity contribution in [2.24, 2.45) is 0 Å². The van der Waals surface area contributed by atoms with Crippen LogP contribution in [-0.4, -0.2) is 17.4 Å². The molecule has 14 heavy (non-hydrogen) atoms. The Morgan fingerprint density at radius 1 is 0.643 bits per heavy atom. The molecule has 64 valence electrons. The minimum Gasteiger partial charge on any atom is -0.822 e. The first kappa shape index (κ1) is 36.4. The third-order valence-electron chi connectivity index (χ3n) is 0. The van der Waals surface area contributed by atoms with Gasteiger partial charge in [-0.1, -0.05) is 0 Å². The molecule has 0 radical (unpaired) electrons. The van der Waals surface area contributed by atoms with Crippen molar-refractivity contribution in [1.82, 2.24) is 0 Å². The summed E-state index contributed by atoms with van der Waals surface area (Å²) in [5.41, 5.74) is 0. The van der Waals surface area contributed by atoms with E-state index in [0.717, 1.165) is 0 Å². The quantitative estimate of drug-likeness (QED) is 0.312. The molecule has 0 aliphatic carbocycles. The van der Waals surface area contributed by atoms with Crippen LogP contribution >= 0.6 is 15.6 Å². The first-order valence-electron chi connectivity index (χ1n) is 1.46. The molecule has 0 amide bonds. The number of phosphoric acid groups is 2. The van der Waals surface area contributed by atoms with Gasteiger partial charge in [-0.3, -0.25) is 0 Å². The minimum atomic E-state index is -5.39. The normalized spacial score (nSPS) is 8.43. The molecule has 8 nitrogen and oxygen atoms in total. The van der Waals surface area contributed by atoms with E-state index in [1.54, 1.807) is 0 Å². The van der Waals surface area contributed by atoms with E-state index in [1.165, 1.54) is 0 Å². The van der Waals surface area contributed by atoms with Gasteiger partial charge in [0.05, 0.1) is 0 Å². The minimum absolute atomic E-state index is 0. The summed E-state index contributed by atoms with van der Waals surface area (Å²) < 4.78 is 17.1. The molecule has 0 aromatic heterocycles. The Bertz CT molecular complexity index is 138. The second kappa shape index (κ2) is 18.0. The van der Waals surface area contributed by atoms with Gasteiger partial charge >= 0.3 is 150 Å². The maximum atomic E-state index is 8.55. The first-order chi connectivity index (χ1) is 4.00. The van der Waals surface area contributed by atoms with Gasteiger partial charge in [-0.2, -0.15) is 15.6 Å². The van der Waals surface area contributed by atoms with Crippen molar-refractivity contribution < 1.29 is 171 Å². The molecule has 0 saturated heterocycles. The maximum absolute atomic E-state index is 8.55. The Labute approximate surface area is 198 Å². The Morgan fingerprint density at radius 2 is 0.643 bits per heavy atom. The Kier molecular flexibility index (Phi) is 46.9. The summed E-state index contributed by atoms with van der Waals surface area (Å²) in [5.74, 6) is 0. The Balaban J connectivity index is -0.0000000178. The molecule has 0 rings (SSSR count). The van der Waals surface area contributed by atoms with E-state index in [1.807, 2.05) is 0 Å². The van der Waals surface area contributed by atoms with Crippen molar-refractivity contribution in [2.45, 2.75) is 0 Å². The predicted octanol–water partition coefficient (Wildman–Crippen LogP) is -15.0. The van der Waals surface area contributed by atoms with Crippen LogP contribution in [0.5, 0.6) is 0 Å². The first-order valence-corrected chi connectivity index (χ1v) is 4.38. The summed E-state index contributed by atoms with van der Waals surface area (Å²) >= 11 is 0. The van der Waals surface area contributed by atoms with Crippen molar-refractivity contribution in [1.29, 1.82) is 0 Å². The molecule has 0 unspecified atom stereocenters. The molecule has 0 aromatic carbocycles. The van der Waals surface area contributed by atoms with Gasteiger partial charge in [0, 0.05) is 0 Å². The fourth-order valence-electron chi connectivity index (χ4n) is 0. The second-order valence-electron chi connectivity index (χ2n) is 0.894. The van der Waals surface area contributed by atoms with Crippen molar-refractivity contribution in [3.63, 3.8) is 0 Å². The summed E-state index contributed by atoms with van der Waals surface area (Å²) in [6.07, 6.45) is 0. The molecule has 0 fully saturated rings. The fraction of sp³-hybridized carbons (Fsp3) is 0. The summed E-state index contributed by atoms with van der Waals surface area (Å²) in [7, 11) is -10.8. The number of rotatable bonds is 0. The second-order valence-corrected chi connectivity index (χ2v) is 2.68. The SMILES string of the molecule is O=P([O-])([O-])[O-].O=P([O-])([O-])[O-].[Al+3].[K+].[K+].[Na+]. The van der Waals surface area contributed by atoms with Gasteiger partial charge < -0.3 is 38.5 Å². The summed E-state index contributed by atoms with van der Waals surface area (Å²) in [6.45, 7) is 0. The van der Waals surface area contributed by atoms with Gasteiger partial charge in [0.2, 0.25) is 0 Å². The predicted molar refractivity (Wildman–Crippen MR) is 21.0 cm³/mol. The van der Waals surface area contributed by atoms with E-state index in [-0.39, 0.29) is 150 Å². The average Bonchev–Trinajstić information content (AvgIpc) is 1.12. The number of hydrogen-bond donors (Lipinski definition) is 0. The molecule has 0 aliphatic heterocycles. The van der Waals surface area contributed by atoms with Crippen LogP contribution in [0.1, 0.15) is 0 Å². The zero-order valence-corrected chi connectivity index (χ0v) is 18.9. The molecule has 0 atom stereocenters. The van der Waals surface area contributed by atoms with E-state index in [9.17, 15) is 0 Å². The van der Waals surface area contributed by atoms with Crippen molar-refractivity contribution >= 4 is 33.0 Å².